The Bertz CT molecular complexity index is 632. The van der Waals surface area contributed by atoms with Crippen LogP contribution in [0.15, 0.2) is 23.3 Å². The molecule has 1 N–H and O–H groups in total. The topological polar surface area (TPSA) is 37.3 Å². The largest absolute Gasteiger partial charge is 0.390 e. The molecule has 0 spiro atoms. The lowest BCUT2D eigenvalue weighted by Crippen LogP contribution is -2.50. The first-order chi connectivity index (χ1) is 10.7. The van der Waals surface area contributed by atoms with E-state index >= 15 is 0 Å². The third-order valence-corrected chi connectivity index (χ3v) is 7.91. The summed E-state index contributed by atoms with van der Waals surface area (Å²) in [5, 5.41) is 10.9. The van der Waals surface area contributed by atoms with Crippen LogP contribution in [-0.2, 0) is 4.79 Å². The molecule has 2 nitrogen and oxygen atoms in total. The van der Waals surface area contributed by atoms with E-state index in [4.69, 9.17) is 0 Å². The van der Waals surface area contributed by atoms with Gasteiger partial charge in [0, 0.05) is 10.8 Å². The minimum atomic E-state index is -1.36. The lowest BCUT2D eigenvalue weighted by atomic mass is 9.51. The first-order valence-electron chi connectivity index (χ1n) is 9.01. The highest BCUT2D eigenvalue weighted by atomic mass is 19.1. The van der Waals surface area contributed by atoms with Crippen LogP contribution in [0.5, 0.6) is 0 Å². The van der Waals surface area contributed by atoms with Gasteiger partial charge in [-0.25, -0.2) is 4.39 Å². The molecule has 0 radical (unpaired) electrons. The molecule has 0 saturated heterocycles. The van der Waals surface area contributed by atoms with Crippen LogP contribution in [0, 0.1) is 22.7 Å². The van der Waals surface area contributed by atoms with Gasteiger partial charge in [0.05, 0.1) is 5.60 Å². The molecule has 126 valence electrons. The van der Waals surface area contributed by atoms with Gasteiger partial charge in [0.15, 0.2) is 12.0 Å². The number of carbonyl (C=O) groups excluding carboxylic acids is 1. The predicted octanol–water partition coefficient (Wildman–Crippen LogP) is 4.14. The van der Waals surface area contributed by atoms with E-state index in [1.807, 2.05) is 6.92 Å². The number of rotatable bonds is 0. The molecule has 4 rings (SSSR count). The van der Waals surface area contributed by atoms with Gasteiger partial charge in [-0.2, -0.15) is 0 Å². The number of alkyl halides is 1. The second-order valence-electron chi connectivity index (χ2n) is 8.92. The number of carbonyl (C=O) groups is 1. The standard InChI is InChI=1S/C20H27FO2/c1-18-11-16(21)17(22)10-12(18)4-5-13-14(18)6-8-19(2)15(13)7-9-20(19,3)23/h6,10,13,15-16,23H,4-5,7-9,11H2,1-3H3. The van der Waals surface area contributed by atoms with Crippen molar-refractivity contribution in [2.45, 2.75) is 71.1 Å². The van der Waals surface area contributed by atoms with Gasteiger partial charge < -0.3 is 5.11 Å². The third-order valence-electron chi connectivity index (χ3n) is 7.91. The molecule has 4 aliphatic carbocycles. The van der Waals surface area contributed by atoms with Crippen molar-refractivity contribution < 1.29 is 14.3 Å². The monoisotopic (exact) mass is 318 g/mol. The average Bonchev–Trinajstić information content (AvgIpc) is 2.71. The van der Waals surface area contributed by atoms with Crippen molar-refractivity contribution in [1.29, 1.82) is 0 Å². The maximum atomic E-state index is 14.2. The van der Waals surface area contributed by atoms with Crippen molar-refractivity contribution >= 4 is 5.78 Å². The summed E-state index contributed by atoms with van der Waals surface area (Å²) < 4.78 is 14.2. The second kappa shape index (κ2) is 4.56. The summed E-state index contributed by atoms with van der Waals surface area (Å²) in [6.45, 7) is 6.35. The summed E-state index contributed by atoms with van der Waals surface area (Å²) in [4.78, 5) is 11.8. The summed E-state index contributed by atoms with van der Waals surface area (Å²) in [6, 6.07) is 0. The van der Waals surface area contributed by atoms with Gasteiger partial charge in [0.25, 0.3) is 0 Å². The van der Waals surface area contributed by atoms with E-state index in [-0.39, 0.29) is 16.6 Å². The minimum absolute atomic E-state index is 0.0711. The fourth-order valence-corrected chi connectivity index (χ4v) is 6.11. The van der Waals surface area contributed by atoms with Crippen LogP contribution in [-0.4, -0.2) is 22.7 Å². The molecule has 3 heteroatoms. The van der Waals surface area contributed by atoms with Crippen LogP contribution in [0.3, 0.4) is 0 Å². The van der Waals surface area contributed by atoms with Crippen LogP contribution >= 0.6 is 0 Å². The molecule has 0 aromatic rings. The van der Waals surface area contributed by atoms with Crippen LogP contribution in [0.2, 0.25) is 0 Å². The van der Waals surface area contributed by atoms with Crippen molar-refractivity contribution in [1.82, 2.24) is 0 Å². The average molecular weight is 318 g/mol. The lowest BCUT2D eigenvalue weighted by Gasteiger charge is -2.54. The molecule has 4 aliphatic rings. The van der Waals surface area contributed by atoms with Crippen LogP contribution in [0.25, 0.3) is 0 Å². The van der Waals surface area contributed by atoms with Gasteiger partial charge in [-0.1, -0.05) is 31.1 Å². The molecule has 23 heavy (non-hydrogen) atoms. The van der Waals surface area contributed by atoms with E-state index in [9.17, 15) is 14.3 Å². The third kappa shape index (κ3) is 1.86. The number of ketones is 1. The molecule has 2 fully saturated rings. The van der Waals surface area contributed by atoms with E-state index in [0.29, 0.717) is 18.3 Å². The van der Waals surface area contributed by atoms with Gasteiger partial charge in [0.2, 0.25) is 0 Å². The highest BCUT2D eigenvalue weighted by Gasteiger charge is 2.60. The Morgan fingerprint density at radius 3 is 2.74 bits per heavy atom. The fraction of sp³-hybridized carbons (Fsp3) is 0.750. The number of aliphatic hydroxyl groups is 1. The van der Waals surface area contributed by atoms with Gasteiger partial charge >= 0.3 is 0 Å². The molecule has 0 aromatic heterocycles. The van der Waals surface area contributed by atoms with E-state index in [1.54, 1.807) is 6.08 Å². The van der Waals surface area contributed by atoms with E-state index in [2.05, 4.69) is 19.9 Å². The SMILES string of the molecule is CC12CC(F)C(=O)C=C1CCC1C2=CCC2(C)C1CCC2(C)O. The smallest absolute Gasteiger partial charge is 0.189 e. The summed E-state index contributed by atoms with van der Waals surface area (Å²) in [5.41, 5.74) is 1.52. The zero-order valence-electron chi connectivity index (χ0n) is 14.4. The Labute approximate surface area is 137 Å². The highest BCUT2D eigenvalue weighted by Crippen LogP contribution is 2.65. The number of halogens is 1. The fourth-order valence-electron chi connectivity index (χ4n) is 6.11. The molecule has 6 atom stereocenters. The first-order valence-corrected chi connectivity index (χ1v) is 9.01. The summed E-state index contributed by atoms with van der Waals surface area (Å²) >= 11 is 0. The maximum Gasteiger partial charge on any atom is 0.189 e. The van der Waals surface area contributed by atoms with Crippen molar-refractivity contribution in [2.75, 3.05) is 0 Å². The van der Waals surface area contributed by atoms with Crippen LogP contribution in [0.4, 0.5) is 4.39 Å². The lowest BCUT2D eigenvalue weighted by molar-refractivity contribution is -0.121. The quantitative estimate of drug-likeness (QED) is 0.682. The summed E-state index contributed by atoms with van der Waals surface area (Å²) in [6.07, 6.45) is 7.53. The maximum absolute atomic E-state index is 14.2. The van der Waals surface area contributed by atoms with Crippen molar-refractivity contribution in [3.05, 3.63) is 23.3 Å². The highest BCUT2D eigenvalue weighted by molar-refractivity contribution is 5.95. The Morgan fingerprint density at radius 1 is 1.26 bits per heavy atom. The first kappa shape index (κ1) is 15.6. The van der Waals surface area contributed by atoms with Crippen LogP contribution < -0.4 is 0 Å². The molecule has 0 aliphatic heterocycles. The van der Waals surface area contributed by atoms with Crippen LogP contribution in [0.1, 0.15) is 59.3 Å². The van der Waals surface area contributed by atoms with Crippen molar-refractivity contribution in [3.8, 4) is 0 Å². The van der Waals surface area contributed by atoms with Gasteiger partial charge in [-0.15, -0.1) is 0 Å². The minimum Gasteiger partial charge on any atom is -0.390 e. The molecule has 0 aromatic carbocycles. The van der Waals surface area contributed by atoms with Crippen molar-refractivity contribution in [2.24, 2.45) is 22.7 Å². The van der Waals surface area contributed by atoms with E-state index in [0.717, 1.165) is 37.7 Å². The molecule has 0 bridgehead atoms. The summed E-state index contributed by atoms with van der Waals surface area (Å²) in [7, 11) is 0. The molecule has 2 saturated carbocycles. The van der Waals surface area contributed by atoms with Crippen molar-refractivity contribution in [3.63, 3.8) is 0 Å². The molecular formula is C20H27FO2. The van der Waals surface area contributed by atoms with Gasteiger partial charge in [-0.3, -0.25) is 4.79 Å². The van der Waals surface area contributed by atoms with E-state index < -0.39 is 11.8 Å². The number of fused-ring (bicyclic) bond motifs is 5. The van der Waals surface area contributed by atoms with Gasteiger partial charge in [0.1, 0.15) is 0 Å². The Morgan fingerprint density at radius 2 is 2.00 bits per heavy atom. The number of hydrogen-bond donors (Lipinski definition) is 1. The Balaban J connectivity index is 1.78. The number of allylic oxidation sites excluding steroid dienone is 4. The molecule has 0 amide bonds. The zero-order valence-corrected chi connectivity index (χ0v) is 14.4. The van der Waals surface area contributed by atoms with Gasteiger partial charge in [-0.05, 0) is 63.4 Å². The summed E-state index contributed by atoms with van der Waals surface area (Å²) in [5.74, 6) is 0.567. The Hall–Kier alpha value is -0.960. The van der Waals surface area contributed by atoms with E-state index in [1.165, 1.54) is 5.57 Å². The Kier molecular flexibility index (Phi) is 3.09. The number of hydrogen-bond acceptors (Lipinski definition) is 2. The normalized spacial score (nSPS) is 52.2. The second-order valence-corrected chi connectivity index (χ2v) is 8.92. The predicted molar refractivity (Wildman–Crippen MR) is 87.6 cm³/mol. The molecular weight excluding hydrogens is 291 g/mol. The molecule has 6 unspecified atom stereocenters. The zero-order chi connectivity index (χ0) is 16.6. The molecule has 0 heterocycles.